The molecule has 5 heteroatoms. The van der Waals surface area contributed by atoms with Crippen molar-refractivity contribution in [1.82, 2.24) is 15.0 Å². The van der Waals surface area contributed by atoms with Crippen molar-refractivity contribution < 1.29 is 0 Å². The van der Waals surface area contributed by atoms with E-state index in [9.17, 15) is 0 Å². The Hall–Kier alpha value is -2.95. The molecule has 0 saturated heterocycles. The summed E-state index contributed by atoms with van der Waals surface area (Å²) in [5, 5.41) is 6.55. The van der Waals surface area contributed by atoms with Crippen LogP contribution in [0.4, 0.5) is 17.3 Å². The van der Waals surface area contributed by atoms with Crippen LogP contribution in [0.25, 0.3) is 0 Å². The highest BCUT2D eigenvalue weighted by Gasteiger charge is 2.00. The van der Waals surface area contributed by atoms with Crippen LogP contribution in [0.3, 0.4) is 0 Å². The smallest absolute Gasteiger partial charge is 0.135 e. The lowest BCUT2D eigenvalue weighted by Crippen LogP contribution is -2.03. The van der Waals surface area contributed by atoms with Crippen molar-refractivity contribution in [2.45, 2.75) is 13.5 Å². The van der Waals surface area contributed by atoms with Gasteiger partial charge in [-0.2, -0.15) is 0 Å². The molecular formula is C17H17N5. The van der Waals surface area contributed by atoms with E-state index in [1.54, 1.807) is 12.5 Å². The SMILES string of the molecule is Cc1cccc(Nc2cc(NCc3cccnc3)ncn2)c1. The summed E-state index contributed by atoms with van der Waals surface area (Å²) >= 11 is 0. The summed E-state index contributed by atoms with van der Waals surface area (Å²) in [5.41, 5.74) is 3.32. The molecule has 0 atom stereocenters. The van der Waals surface area contributed by atoms with E-state index < -0.39 is 0 Å². The molecule has 0 bridgehead atoms. The van der Waals surface area contributed by atoms with Crippen molar-refractivity contribution in [3.05, 3.63) is 72.3 Å². The van der Waals surface area contributed by atoms with Crippen LogP contribution in [-0.2, 0) is 6.54 Å². The van der Waals surface area contributed by atoms with E-state index in [1.165, 1.54) is 5.56 Å². The molecule has 0 spiro atoms. The number of hydrogen-bond acceptors (Lipinski definition) is 5. The largest absolute Gasteiger partial charge is 0.366 e. The Morgan fingerprint density at radius 1 is 1.00 bits per heavy atom. The first-order valence-electron chi connectivity index (χ1n) is 7.08. The maximum atomic E-state index is 4.24. The molecule has 3 rings (SSSR count). The van der Waals surface area contributed by atoms with Gasteiger partial charge in [0, 0.05) is 30.7 Å². The Bertz CT molecular complexity index is 743. The van der Waals surface area contributed by atoms with Gasteiger partial charge in [-0.1, -0.05) is 18.2 Å². The maximum absolute atomic E-state index is 4.24. The van der Waals surface area contributed by atoms with Crippen molar-refractivity contribution >= 4 is 17.3 Å². The van der Waals surface area contributed by atoms with E-state index >= 15 is 0 Å². The number of benzene rings is 1. The third-order valence-electron chi connectivity index (χ3n) is 3.15. The van der Waals surface area contributed by atoms with Gasteiger partial charge < -0.3 is 10.6 Å². The topological polar surface area (TPSA) is 62.7 Å². The van der Waals surface area contributed by atoms with Gasteiger partial charge in [0.1, 0.15) is 18.0 Å². The molecule has 3 aromatic rings. The Morgan fingerprint density at radius 3 is 2.73 bits per heavy atom. The Labute approximate surface area is 129 Å². The molecule has 0 aliphatic rings. The van der Waals surface area contributed by atoms with Gasteiger partial charge in [-0.3, -0.25) is 4.98 Å². The molecule has 0 unspecified atom stereocenters. The van der Waals surface area contributed by atoms with Crippen molar-refractivity contribution in [3.8, 4) is 0 Å². The quantitative estimate of drug-likeness (QED) is 0.753. The molecule has 0 aliphatic carbocycles. The minimum atomic E-state index is 0.675. The number of rotatable bonds is 5. The molecule has 0 radical (unpaired) electrons. The van der Waals surface area contributed by atoms with Crippen molar-refractivity contribution in [2.75, 3.05) is 10.6 Å². The van der Waals surface area contributed by atoms with Crippen LogP contribution < -0.4 is 10.6 Å². The van der Waals surface area contributed by atoms with Crippen LogP contribution in [0.2, 0.25) is 0 Å². The fraction of sp³-hybridized carbons (Fsp3) is 0.118. The summed E-state index contributed by atoms with van der Waals surface area (Å²) < 4.78 is 0. The summed E-state index contributed by atoms with van der Waals surface area (Å²) in [6, 6.07) is 14.0. The highest BCUT2D eigenvalue weighted by atomic mass is 15.1. The van der Waals surface area contributed by atoms with E-state index in [0.717, 1.165) is 22.9 Å². The average Bonchev–Trinajstić information content (AvgIpc) is 2.54. The second-order valence-electron chi connectivity index (χ2n) is 5.00. The molecule has 22 heavy (non-hydrogen) atoms. The van der Waals surface area contributed by atoms with Crippen LogP contribution in [0.5, 0.6) is 0 Å². The van der Waals surface area contributed by atoms with E-state index in [1.807, 2.05) is 36.5 Å². The van der Waals surface area contributed by atoms with Gasteiger partial charge in [0.2, 0.25) is 0 Å². The van der Waals surface area contributed by atoms with E-state index in [0.29, 0.717) is 6.54 Å². The zero-order valence-electron chi connectivity index (χ0n) is 12.3. The van der Waals surface area contributed by atoms with Gasteiger partial charge in [0.25, 0.3) is 0 Å². The molecule has 2 aromatic heterocycles. The van der Waals surface area contributed by atoms with Crippen molar-refractivity contribution in [3.63, 3.8) is 0 Å². The van der Waals surface area contributed by atoms with E-state index in [-0.39, 0.29) is 0 Å². The summed E-state index contributed by atoms with van der Waals surface area (Å²) in [6.07, 6.45) is 5.14. The van der Waals surface area contributed by atoms with Crippen molar-refractivity contribution in [1.29, 1.82) is 0 Å². The molecule has 1 aromatic carbocycles. The fourth-order valence-corrected chi connectivity index (χ4v) is 2.09. The predicted octanol–water partition coefficient (Wildman–Crippen LogP) is 3.54. The van der Waals surface area contributed by atoms with Crippen molar-refractivity contribution in [2.24, 2.45) is 0 Å². The standard InChI is InChI=1S/C17H17N5/c1-13-4-2-6-15(8-13)22-17-9-16(20-12-21-17)19-11-14-5-3-7-18-10-14/h2-10,12H,11H2,1H3,(H2,19,20,21,22). The number of aryl methyl sites for hydroxylation is 1. The number of anilines is 3. The lowest BCUT2D eigenvalue weighted by Gasteiger charge is -2.09. The molecule has 0 saturated carbocycles. The molecular weight excluding hydrogens is 274 g/mol. The zero-order chi connectivity index (χ0) is 15.2. The maximum Gasteiger partial charge on any atom is 0.135 e. The third-order valence-corrected chi connectivity index (χ3v) is 3.15. The van der Waals surface area contributed by atoms with Crippen LogP contribution in [0.15, 0.2) is 61.2 Å². The van der Waals surface area contributed by atoms with Gasteiger partial charge in [-0.25, -0.2) is 9.97 Å². The number of aromatic nitrogens is 3. The van der Waals surface area contributed by atoms with Crippen LogP contribution in [0.1, 0.15) is 11.1 Å². The Morgan fingerprint density at radius 2 is 1.91 bits per heavy atom. The second kappa shape index (κ2) is 6.67. The monoisotopic (exact) mass is 291 g/mol. The van der Waals surface area contributed by atoms with Gasteiger partial charge >= 0.3 is 0 Å². The highest BCUT2D eigenvalue weighted by molar-refractivity contribution is 5.59. The molecule has 110 valence electrons. The molecule has 2 N–H and O–H groups in total. The summed E-state index contributed by atoms with van der Waals surface area (Å²) in [7, 11) is 0. The minimum absolute atomic E-state index is 0.675. The van der Waals surface area contributed by atoms with Gasteiger partial charge in [0.15, 0.2) is 0 Å². The number of hydrogen-bond donors (Lipinski definition) is 2. The molecule has 0 amide bonds. The van der Waals surface area contributed by atoms with E-state index in [2.05, 4.69) is 44.6 Å². The number of pyridine rings is 1. The normalized spacial score (nSPS) is 10.2. The number of nitrogens with zero attached hydrogens (tertiary/aromatic N) is 3. The molecule has 0 fully saturated rings. The Balaban J connectivity index is 1.67. The van der Waals surface area contributed by atoms with Gasteiger partial charge in [0.05, 0.1) is 0 Å². The zero-order valence-corrected chi connectivity index (χ0v) is 12.3. The molecule has 0 aliphatic heterocycles. The first-order valence-corrected chi connectivity index (χ1v) is 7.08. The highest BCUT2D eigenvalue weighted by Crippen LogP contribution is 2.17. The fourth-order valence-electron chi connectivity index (χ4n) is 2.09. The first-order chi connectivity index (χ1) is 10.8. The third kappa shape index (κ3) is 3.79. The molecule has 5 nitrogen and oxygen atoms in total. The second-order valence-corrected chi connectivity index (χ2v) is 5.00. The van der Waals surface area contributed by atoms with Gasteiger partial charge in [-0.15, -0.1) is 0 Å². The summed E-state index contributed by atoms with van der Waals surface area (Å²) in [4.78, 5) is 12.6. The summed E-state index contributed by atoms with van der Waals surface area (Å²) in [6.45, 7) is 2.74. The first kappa shape index (κ1) is 14.0. The number of nitrogens with one attached hydrogen (secondary N) is 2. The predicted molar refractivity (Wildman–Crippen MR) is 88.1 cm³/mol. The minimum Gasteiger partial charge on any atom is -0.366 e. The van der Waals surface area contributed by atoms with Crippen LogP contribution >= 0.6 is 0 Å². The lowest BCUT2D eigenvalue weighted by atomic mass is 10.2. The summed E-state index contributed by atoms with van der Waals surface area (Å²) in [5.74, 6) is 1.53. The van der Waals surface area contributed by atoms with Gasteiger partial charge in [-0.05, 0) is 36.2 Å². The lowest BCUT2D eigenvalue weighted by molar-refractivity contribution is 1.07. The van der Waals surface area contributed by atoms with E-state index in [4.69, 9.17) is 0 Å². The molecule has 2 heterocycles. The van der Waals surface area contributed by atoms with Crippen LogP contribution in [0, 0.1) is 6.92 Å². The Kier molecular flexibility index (Phi) is 4.25. The average molecular weight is 291 g/mol. The van der Waals surface area contributed by atoms with Crippen LogP contribution in [-0.4, -0.2) is 15.0 Å².